The maximum Gasteiger partial charge on any atom is 0.317 e. The first kappa shape index (κ1) is 13.2. The lowest BCUT2D eigenvalue weighted by molar-refractivity contribution is -0.758. The van der Waals surface area contributed by atoms with Crippen LogP contribution in [0, 0.1) is 32.6 Å². The molecule has 0 amide bonds. The first-order valence-electron chi connectivity index (χ1n) is 4.54. The smallest absolute Gasteiger partial charge is 0.317 e. The van der Waals surface area contributed by atoms with Gasteiger partial charge in [-0.2, -0.15) is 4.94 Å². The van der Waals surface area contributed by atoms with Crippen molar-refractivity contribution in [2.75, 3.05) is 5.06 Å². The molecule has 1 aromatic rings. The van der Waals surface area contributed by atoms with Crippen LogP contribution >= 0.6 is 0 Å². The number of nitro groups is 1. The zero-order valence-electron chi connectivity index (χ0n) is 9.19. The minimum atomic E-state index is -1.17. The average Bonchev–Trinajstić information content (AvgIpc) is 2.24. The Bertz CT molecular complexity index is 517. The highest BCUT2D eigenvalue weighted by atomic mass is 17.0. The highest BCUT2D eigenvalue weighted by Gasteiger charge is 2.18. The first-order chi connectivity index (χ1) is 8.31. The van der Waals surface area contributed by atoms with E-state index in [9.17, 15) is 20.2 Å². The molecule has 3 N–H and O–H groups in total. The van der Waals surface area contributed by atoms with Gasteiger partial charge in [0.15, 0.2) is 0 Å². The topological polar surface area (TPSA) is 149 Å². The normalized spacial score (nSPS) is 9.61. The van der Waals surface area contributed by atoms with E-state index < -0.39 is 16.0 Å². The molecule has 1 aromatic carbocycles. The number of nitrogens with zero attached hydrogens (tertiary/aromatic N) is 3. The monoisotopic (exact) mass is 255 g/mol. The van der Waals surface area contributed by atoms with E-state index in [0.717, 1.165) is 6.07 Å². The Balaban J connectivity index is 3.23. The number of rotatable bonds is 4. The van der Waals surface area contributed by atoms with Gasteiger partial charge < -0.3 is 5.73 Å². The zero-order chi connectivity index (χ0) is 13.9. The maximum absolute atomic E-state index is 10.6. The van der Waals surface area contributed by atoms with Crippen LogP contribution in [0.15, 0.2) is 18.2 Å². The third kappa shape index (κ3) is 3.04. The Hall–Kier alpha value is -2.91. The summed E-state index contributed by atoms with van der Waals surface area (Å²) in [5.41, 5.74) is 5.21. The molecule has 10 heteroatoms. The fourth-order valence-corrected chi connectivity index (χ4v) is 1.26. The van der Waals surface area contributed by atoms with Crippen LogP contribution in [0.1, 0.15) is 5.56 Å². The van der Waals surface area contributed by atoms with Gasteiger partial charge in [0, 0.05) is 12.1 Å². The number of anilines is 1. The van der Waals surface area contributed by atoms with Gasteiger partial charge in [0.2, 0.25) is 5.96 Å². The predicted molar refractivity (Wildman–Crippen MR) is 60.3 cm³/mol. The molecular formula is C8H9N5O5. The van der Waals surface area contributed by atoms with Crippen molar-refractivity contribution in [3.05, 3.63) is 44.0 Å². The van der Waals surface area contributed by atoms with E-state index in [0.29, 0.717) is 10.6 Å². The molecule has 0 atom stereocenters. The molecule has 96 valence electrons. The Morgan fingerprint density at radius 2 is 2.00 bits per heavy atom. The second-order valence-electron chi connectivity index (χ2n) is 3.27. The average molecular weight is 255 g/mol. The minimum Gasteiger partial charge on any atom is -0.368 e. The lowest BCUT2D eigenvalue weighted by atomic mass is 10.2. The summed E-state index contributed by atoms with van der Waals surface area (Å²) in [4.78, 5) is 24.3. The van der Waals surface area contributed by atoms with Gasteiger partial charge in [-0.25, -0.2) is 0 Å². The van der Waals surface area contributed by atoms with E-state index in [1.54, 1.807) is 6.92 Å². The number of guanidine groups is 1. The van der Waals surface area contributed by atoms with Crippen LogP contribution < -0.4 is 10.8 Å². The van der Waals surface area contributed by atoms with E-state index >= 15 is 0 Å². The molecule has 0 heterocycles. The van der Waals surface area contributed by atoms with Gasteiger partial charge in [-0.15, -0.1) is 15.2 Å². The number of hydrogen-bond donors (Lipinski definition) is 2. The van der Waals surface area contributed by atoms with Gasteiger partial charge in [0.05, 0.1) is 10.6 Å². The molecule has 0 saturated heterocycles. The summed E-state index contributed by atoms with van der Waals surface area (Å²) in [7, 11) is 0. The van der Waals surface area contributed by atoms with Crippen molar-refractivity contribution < 1.29 is 14.9 Å². The van der Waals surface area contributed by atoms with Crippen LogP contribution in [-0.4, -0.2) is 16.0 Å². The Morgan fingerprint density at radius 1 is 1.39 bits per heavy atom. The molecule has 0 aromatic heterocycles. The molecule has 0 saturated carbocycles. The largest absolute Gasteiger partial charge is 0.368 e. The summed E-state index contributed by atoms with van der Waals surface area (Å²) >= 11 is 0. The van der Waals surface area contributed by atoms with Crippen molar-refractivity contribution in [3.8, 4) is 0 Å². The highest BCUT2D eigenvalue weighted by Crippen LogP contribution is 2.23. The van der Waals surface area contributed by atoms with E-state index in [1.165, 1.54) is 12.1 Å². The predicted octanol–water partition coefficient (Wildman–Crippen LogP) is 0.726. The molecule has 1 rings (SSSR count). The fraction of sp³-hybridized carbons (Fsp3) is 0.125. The fourth-order valence-electron chi connectivity index (χ4n) is 1.26. The van der Waals surface area contributed by atoms with Crippen molar-refractivity contribution >= 4 is 17.3 Å². The van der Waals surface area contributed by atoms with E-state index in [2.05, 4.69) is 4.94 Å². The molecule has 0 aliphatic rings. The molecule has 0 bridgehead atoms. The van der Waals surface area contributed by atoms with Crippen molar-refractivity contribution in [2.24, 2.45) is 5.73 Å². The van der Waals surface area contributed by atoms with E-state index in [-0.39, 0.29) is 11.4 Å². The molecule has 0 fully saturated rings. The lowest BCUT2D eigenvalue weighted by Gasteiger charge is -2.18. The quantitative estimate of drug-likeness (QED) is 0.348. The molecule has 0 aliphatic heterocycles. The van der Waals surface area contributed by atoms with E-state index in [4.69, 9.17) is 11.1 Å². The number of benzene rings is 1. The van der Waals surface area contributed by atoms with Gasteiger partial charge in [-0.05, 0) is 18.6 Å². The van der Waals surface area contributed by atoms with Gasteiger partial charge in [0.25, 0.3) is 5.69 Å². The number of nitrogens with two attached hydrogens (primary N) is 1. The zero-order valence-corrected chi connectivity index (χ0v) is 9.19. The third-order valence-electron chi connectivity index (χ3n) is 1.86. The number of aryl methyl sites for hydroxylation is 1. The standard InChI is InChI=1S/C8H9N5O5/c1-5-2-6(4-7(3-5)12(14)15)11(8(9)10)18-13(16)17/h2-4H,1H3,(H3,9,10). The highest BCUT2D eigenvalue weighted by molar-refractivity contribution is 5.90. The summed E-state index contributed by atoms with van der Waals surface area (Å²) in [5.74, 6) is -0.772. The van der Waals surface area contributed by atoms with Gasteiger partial charge in [-0.3, -0.25) is 15.5 Å². The summed E-state index contributed by atoms with van der Waals surface area (Å²) < 4.78 is 0. The summed E-state index contributed by atoms with van der Waals surface area (Å²) in [6.45, 7) is 1.56. The molecule has 10 nitrogen and oxygen atoms in total. The Morgan fingerprint density at radius 3 is 2.44 bits per heavy atom. The number of nitro benzene ring substituents is 1. The molecule has 0 radical (unpaired) electrons. The number of hydroxylamine groups is 1. The second kappa shape index (κ2) is 4.95. The van der Waals surface area contributed by atoms with Crippen LogP contribution in [0.5, 0.6) is 0 Å². The van der Waals surface area contributed by atoms with Gasteiger partial charge >= 0.3 is 5.09 Å². The van der Waals surface area contributed by atoms with Crippen LogP contribution in [0.25, 0.3) is 0 Å². The van der Waals surface area contributed by atoms with Crippen molar-refractivity contribution in [1.29, 1.82) is 5.41 Å². The Kier molecular flexibility index (Phi) is 3.62. The molecule has 0 spiro atoms. The molecular weight excluding hydrogens is 246 g/mol. The van der Waals surface area contributed by atoms with Crippen LogP contribution in [0.4, 0.5) is 11.4 Å². The van der Waals surface area contributed by atoms with Gasteiger partial charge in [0.1, 0.15) is 0 Å². The summed E-state index contributed by atoms with van der Waals surface area (Å²) in [6.07, 6.45) is 0. The van der Waals surface area contributed by atoms with Crippen molar-refractivity contribution in [3.63, 3.8) is 0 Å². The molecule has 0 unspecified atom stereocenters. The van der Waals surface area contributed by atoms with Crippen molar-refractivity contribution in [2.45, 2.75) is 6.92 Å². The first-order valence-corrected chi connectivity index (χ1v) is 4.54. The van der Waals surface area contributed by atoms with E-state index in [1.807, 2.05) is 0 Å². The lowest BCUT2D eigenvalue weighted by Crippen LogP contribution is -2.38. The maximum atomic E-state index is 10.6. The summed E-state index contributed by atoms with van der Waals surface area (Å²) in [6, 6.07) is 3.64. The molecule has 0 aliphatic carbocycles. The number of nitrogens with one attached hydrogen (secondary N) is 1. The SMILES string of the molecule is Cc1cc(N(O[N+](=O)[O-])C(=N)N)cc([N+](=O)[O-])c1. The number of hydrogen-bond acceptors (Lipinski definition) is 6. The van der Waals surface area contributed by atoms with Crippen molar-refractivity contribution in [1.82, 2.24) is 0 Å². The van der Waals surface area contributed by atoms with Crippen LogP contribution in [0.3, 0.4) is 0 Å². The molecule has 18 heavy (non-hydrogen) atoms. The third-order valence-corrected chi connectivity index (χ3v) is 1.86. The van der Waals surface area contributed by atoms with Gasteiger partial charge in [-0.1, -0.05) is 0 Å². The van der Waals surface area contributed by atoms with Crippen LogP contribution in [-0.2, 0) is 4.94 Å². The summed E-state index contributed by atoms with van der Waals surface area (Å²) in [5, 5.41) is 27.2. The number of non-ortho nitro benzene ring substituents is 1. The Labute approximate surface area is 100 Å². The second-order valence-corrected chi connectivity index (χ2v) is 3.27. The minimum absolute atomic E-state index is 0.0779. The van der Waals surface area contributed by atoms with Crippen LogP contribution in [0.2, 0.25) is 0 Å².